The van der Waals surface area contributed by atoms with Crippen LogP contribution in [-0.2, 0) is 32.7 Å². The first-order valence-corrected chi connectivity index (χ1v) is 36.5. The third kappa shape index (κ3) is 69.4. The van der Waals surface area contributed by atoms with Crippen LogP contribution < -0.4 is 5.73 Å². The number of hydrogen-bond donors (Lipinski definition) is 2. The molecule has 0 spiro atoms. The van der Waals surface area contributed by atoms with Crippen molar-refractivity contribution in [2.45, 2.75) is 315 Å². The van der Waals surface area contributed by atoms with Crippen molar-refractivity contribution in [2.75, 3.05) is 26.4 Å². The number of carbonyl (C=O) groups is 2. The largest absolute Gasteiger partial charge is 0.472 e. The molecule has 2 atom stereocenters. The maximum atomic E-state index is 12.8. The Balaban J connectivity index is 3.95. The zero-order valence-corrected chi connectivity index (χ0v) is 55.7. The molecule has 488 valence electrons. The summed E-state index contributed by atoms with van der Waals surface area (Å²) in [5, 5.41) is 0. The molecule has 0 aliphatic rings. The fraction of sp³-hybridized carbons (Fsp3) is 0.707. The number of rotatable bonds is 65. The van der Waals surface area contributed by atoms with Crippen LogP contribution in [0.1, 0.15) is 309 Å². The minimum atomic E-state index is -4.40. The maximum Gasteiger partial charge on any atom is 0.472 e. The van der Waals surface area contributed by atoms with E-state index in [4.69, 9.17) is 24.3 Å². The van der Waals surface area contributed by atoms with Gasteiger partial charge in [0.1, 0.15) is 6.61 Å². The van der Waals surface area contributed by atoms with Crippen LogP contribution >= 0.6 is 7.82 Å². The van der Waals surface area contributed by atoms with E-state index in [1.165, 1.54) is 167 Å². The van der Waals surface area contributed by atoms with E-state index < -0.39 is 26.5 Å². The first kappa shape index (κ1) is 81.4. The molecule has 0 rings (SSSR count). The lowest BCUT2D eigenvalue weighted by Gasteiger charge is -2.19. The first-order valence-electron chi connectivity index (χ1n) is 35.0. The van der Waals surface area contributed by atoms with Gasteiger partial charge in [0.15, 0.2) is 6.10 Å². The second-order valence-corrected chi connectivity index (χ2v) is 24.5. The Bertz CT molecular complexity index is 1810. The summed E-state index contributed by atoms with van der Waals surface area (Å²) >= 11 is 0. The van der Waals surface area contributed by atoms with Crippen LogP contribution in [0.2, 0.25) is 0 Å². The van der Waals surface area contributed by atoms with Gasteiger partial charge in [-0.2, -0.15) is 0 Å². The lowest BCUT2D eigenvalue weighted by molar-refractivity contribution is -0.161. The molecule has 9 nitrogen and oxygen atoms in total. The van der Waals surface area contributed by atoms with Gasteiger partial charge in [-0.15, -0.1) is 0 Å². The summed E-state index contributed by atoms with van der Waals surface area (Å²) in [6.45, 7) is 3.65. The summed E-state index contributed by atoms with van der Waals surface area (Å²) in [6, 6.07) is 0. The number of hydrogen-bond acceptors (Lipinski definition) is 8. The second kappa shape index (κ2) is 69.5. The molecule has 0 aliphatic heterocycles. The average molecular weight is 1200 g/mol. The van der Waals surface area contributed by atoms with Gasteiger partial charge in [-0.3, -0.25) is 18.6 Å². The predicted molar refractivity (Wildman–Crippen MR) is 367 cm³/mol. The zero-order chi connectivity index (χ0) is 61.6. The molecular formula is C75H130NO8P. The zero-order valence-electron chi connectivity index (χ0n) is 54.8. The first-order chi connectivity index (χ1) is 41.8. The van der Waals surface area contributed by atoms with E-state index >= 15 is 0 Å². The Labute approximate surface area is 523 Å². The van der Waals surface area contributed by atoms with Gasteiger partial charge in [-0.05, 0) is 89.9 Å². The lowest BCUT2D eigenvalue weighted by Crippen LogP contribution is -2.29. The van der Waals surface area contributed by atoms with Gasteiger partial charge >= 0.3 is 19.8 Å². The van der Waals surface area contributed by atoms with Crippen molar-refractivity contribution in [2.24, 2.45) is 5.73 Å². The van der Waals surface area contributed by atoms with Crippen molar-refractivity contribution < 1.29 is 37.6 Å². The number of ether oxygens (including phenoxy) is 2. The summed E-state index contributed by atoms with van der Waals surface area (Å²) < 4.78 is 33.2. The molecule has 3 N–H and O–H groups in total. The fourth-order valence-electron chi connectivity index (χ4n) is 9.73. The van der Waals surface area contributed by atoms with Crippen molar-refractivity contribution in [1.29, 1.82) is 0 Å². The number of unbranched alkanes of at least 4 members (excludes halogenated alkanes) is 32. The quantitative estimate of drug-likeness (QED) is 0.0264. The lowest BCUT2D eigenvalue weighted by atomic mass is 10.0. The van der Waals surface area contributed by atoms with Crippen LogP contribution in [0.5, 0.6) is 0 Å². The number of nitrogens with two attached hydrogens (primary N) is 1. The third-order valence-corrected chi connectivity index (χ3v) is 15.8. The number of carbonyl (C=O) groups excluding carboxylic acids is 2. The van der Waals surface area contributed by atoms with Crippen molar-refractivity contribution in [3.8, 4) is 0 Å². The van der Waals surface area contributed by atoms with E-state index in [-0.39, 0.29) is 38.6 Å². The van der Waals surface area contributed by atoms with Gasteiger partial charge in [0.2, 0.25) is 0 Å². The maximum absolute atomic E-state index is 12.8. The van der Waals surface area contributed by atoms with Gasteiger partial charge in [0.05, 0.1) is 13.2 Å². The molecule has 0 radical (unpaired) electrons. The van der Waals surface area contributed by atoms with Crippen molar-refractivity contribution >= 4 is 19.8 Å². The van der Waals surface area contributed by atoms with E-state index in [1.807, 2.05) is 0 Å². The van der Waals surface area contributed by atoms with Gasteiger partial charge in [0.25, 0.3) is 0 Å². The molecular weight excluding hydrogens is 1070 g/mol. The van der Waals surface area contributed by atoms with Crippen LogP contribution in [0.4, 0.5) is 0 Å². The highest BCUT2D eigenvalue weighted by atomic mass is 31.2. The highest BCUT2D eigenvalue weighted by Gasteiger charge is 2.26. The molecule has 0 saturated heterocycles. The Kier molecular flexibility index (Phi) is 66.6. The van der Waals surface area contributed by atoms with Crippen LogP contribution in [-0.4, -0.2) is 49.3 Å². The van der Waals surface area contributed by atoms with Crippen LogP contribution in [0.15, 0.2) is 122 Å². The van der Waals surface area contributed by atoms with Crippen LogP contribution in [0, 0.1) is 0 Å². The molecule has 0 bridgehead atoms. The van der Waals surface area contributed by atoms with E-state index in [9.17, 15) is 19.0 Å². The van der Waals surface area contributed by atoms with Crippen molar-refractivity contribution in [1.82, 2.24) is 0 Å². The Morgan fingerprint density at radius 3 is 0.965 bits per heavy atom. The molecule has 0 aromatic carbocycles. The predicted octanol–water partition coefficient (Wildman–Crippen LogP) is 23.1. The molecule has 0 fully saturated rings. The summed E-state index contributed by atoms with van der Waals surface area (Å²) in [4.78, 5) is 35.3. The highest BCUT2D eigenvalue weighted by molar-refractivity contribution is 7.47. The SMILES string of the molecule is CC/C=C\C/C=C\C/C=C\C/C=C\C/C=C\C/C=C\C/C=C\C/C=C\C/C=C\C/C=C\CCCCCCCCCCC(=O)OC(COC(=O)CCCCCCCCCCCCCCCCCCCCCCCCCCC)COP(=O)(O)OCCN. The standard InChI is InChI=1S/C75H130NO8P/c1-3-5-7-9-11-13-15-17-19-21-23-25-27-29-30-31-32-33-34-35-36-37-38-39-40-41-42-44-46-48-50-52-54-56-58-60-62-64-66-68-75(78)84-73(72-83-85(79,80)82-70-69-76)71-81-74(77)67-65-63-61-59-57-55-53-51-49-47-45-43-28-26-24-22-20-18-16-14-12-10-8-6-4-2/h5,7,11,13,17,19,23,25,29-30,32-33,35-36,38-39,41-42,46,48,73H,3-4,6,8-10,12,14-16,18,20-22,24,26-28,31,34,37,40,43-45,47,49-72,76H2,1-2H3,(H,79,80)/b7-5-,13-11-,19-17-,25-23-,30-29-,33-32-,36-35-,39-38-,42-41-,48-46-. The molecule has 2 unspecified atom stereocenters. The van der Waals surface area contributed by atoms with Gasteiger partial charge in [-0.1, -0.05) is 328 Å². The van der Waals surface area contributed by atoms with Gasteiger partial charge in [0, 0.05) is 19.4 Å². The third-order valence-electron chi connectivity index (χ3n) is 14.9. The molecule has 10 heteroatoms. The monoisotopic (exact) mass is 1200 g/mol. The molecule has 0 saturated carbocycles. The minimum absolute atomic E-state index is 0.0482. The molecule has 0 amide bonds. The average Bonchev–Trinajstić information content (AvgIpc) is 3.53. The summed E-state index contributed by atoms with van der Waals surface area (Å²) in [6.07, 6.45) is 97.1. The van der Waals surface area contributed by atoms with Gasteiger partial charge < -0.3 is 20.1 Å². The Hall–Kier alpha value is -3.59. The smallest absolute Gasteiger partial charge is 0.462 e. The second-order valence-electron chi connectivity index (χ2n) is 23.0. The van der Waals surface area contributed by atoms with E-state index in [0.717, 1.165) is 109 Å². The number of esters is 2. The molecule has 0 aromatic heterocycles. The summed E-state index contributed by atoms with van der Waals surface area (Å²) in [5.74, 6) is -0.831. The van der Waals surface area contributed by atoms with E-state index in [2.05, 4.69) is 135 Å². The topological polar surface area (TPSA) is 134 Å². The number of phosphoric acid groups is 1. The minimum Gasteiger partial charge on any atom is -0.462 e. The molecule has 0 aromatic rings. The van der Waals surface area contributed by atoms with E-state index in [0.29, 0.717) is 6.42 Å². The van der Waals surface area contributed by atoms with E-state index in [1.54, 1.807) is 0 Å². The summed E-state index contributed by atoms with van der Waals surface area (Å²) in [5.41, 5.74) is 5.40. The highest BCUT2D eigenvalue weighted by Crippen LogP contribution is 2.43. The van der Waals surface area contributed by atoms with Gasteiger partial charge in [-0.25, -0.2) is 4.57 Å². The Morgan fingerprint density at radius 1 is 0.365 bits per heavy atom. The molecule has 0 aliphatic carbocycles. The normalized spacial score (nSPS) is 13.7. The number of allylic oxidation sites excluding steroid dienone is 20. The van der Waals surface area contributed by atoms with Crippen molar-refractivity contribution in [3.63, 3.8) is 0 Å². The van der Waals surface area contributed by atoms with Crippen LogP contribution in [0.3, 0.4) is 0 Å². The molecule has 0 heterocycles. The summed E-state index contributed by atoms with van der Waals surface area (Å²) in [7, 11) is -4.40. The van der Waals surface area contributed by atoms with Crippen LogP contribution in [0.25, 0.3) is 0 Å². The number of phosphoric ester groups is 1. The Morgan fingerprint density at radius 2 is 0.647 bits per heavy atom. The van der Waals surface area contributed by atoms with Crippen molar-refractivity contribution in [3.05, 3.63) is 122 Å². The fourth-order valence-corrected chi connectivity index (χ4v) is 10.5. The molecule has 85 heavy (non-hydrogen) atoms.